The van der Waals surface area contributed by atoms with E-state index in [-0.39, 0.29) is 0 Å². The molecule has 1 fully saturated rings. The molecule has 1 nitrogen and oxygen atoms in total. The Bertz CT molecular complexity index is 243. The fourth-order valence-corrected chi connectivity index (χ4v) is 6.32. The predicted molar refractivity (Wildman–Crippen MR) is 65.0 cm³/mol. The van der Waals surface area contributed by atoms with Crippen LogP contribution in [0.25, 0.3) is 0 Å². The van der Waals surface area contributed by atoms with Gasteiger partial charge in [0.2, 0.25) is 0 Å². The molecule has 1 rings (SSSR count). The average molecular weight is 214 g/mol. The summed E-state index contributed by atoms with van der Waals surface area (Å²) in [4.78, 5) is 0. The summed E-state index contributed by atoms with van der Waals surface area (Å²) < 4.78 is 5.81. The highest BCUT2D eigenvalue weighted by Crippen LogP contribution is 2.75. The van der Waals surface area contributed by atoms with Crippen LogP contribution in [-0.4, -0.2) is 15.4 Å². The van der Waals surface area contributed by atoms with Gasteiger partial charge < -0.3 is 4.43 Å². The van der Waals surface area contributed by atoms with E-state index >= 15 is 0 Å². The van der Waals surface area contributed by atoms with Gasteiger partial charge in [0.05, 0.1) is 0 Å². The van der Waals surface area contributed by atoms with Crippen LogP contribution in [0.4, 0.5) is 0 Å². The van der Waals surface area contributed by atoms with E-state index in [1.54, 1.807) is 0 Å². The number of hydrogen-bond donors (Lipinski definition) is 0. The van der Waals surface area contributed by atoms with Crippen molar-refractivity contribution in [3.63, 3.8) is 0 Å². The molecule has 1 aliphatic rings. The summed E-state index contributed by atoms with van der Waals surface area (Å²) in [6, 6.07) is 0. The molecule has 0 aromatic rings. The van der Waals surface area contributed by atoms with Crippen LogP contribution in [0, 0.1) is 10.8 Å². The maximum absolute atomic E-state index is 5.81. The van der Waals surface area contributed by atoms with E-state index in [1.165, 1.54) is 6.42 Å². The molecule has 1 saturated carbocycles. The third kappa shape index (κ3) is 1.16. The van der Waals surface area contributed by atoms with Crippen molar-refractivity contribution in [1.82, 2.24) is 0 Å². The molecule has 14 heavy (non-hydrogen) atoms. The topological polar surface area (TPSA) is 9.23 Å². The van der Waals surface area contributed by atoms with Crippen LogP contribution in [0.2, 0.25) is 18.1 Å². The zero-order valence-corrected chi connectivity index (χ0v) is 12.1. The highest BCUT2D eigenvalue weighted by Gasteiger charge is 2.68. The molecule has 0 aromatic heterocycles. The minimum absolute atomic E-state index is 0.395. The van der Waals surface area contributed by atoms with Gasteiger partial charge in [-0.2, -0.15) is 0 Å². The molecule has 1 aliphatic carbocycles. The second kappa shape index (κ2) is 2.85. The van der Waals surface area contributed by atoms with Gasteiger partial charge in [-0.3, -0.25) is 0 Å². The average Bonchev–Trinajstić information content (AvgIpc) is 2.03. The predicted octanol–water partition coefficient (Wildman–Crippen LogP) is 4.05. The summed E-state index contributed by atoms with van der Waals surface area (Å²) in [7, 11) is 0.345. The zero-order chi connectivity index (χ0) is 11.4. The van der Waals surface area contributed by atoms with Gasteiger partial charge >= 0.3 is 0 Å². The summed E-state index contributed by atoms with van der Waals surface area (Å²) in [5, 5.41) is 0.415. The molecular weight excluding hydrogens is 188 g/mol. The Labute approximate surface area is 90.4 Å². The number of rotatable bonds is 2. The van der Waals surface area contributed by atoms with Crippen molar-refractivity contribution in [3.05, 3.63) is 0 Å². The van der Waals surface area contributed by atoms with Crippen molar-refractivity contribution in [2.45, 2.75) is 59.2 Å². The fraction of sp³-hybridized carbons (Fsp3) is 1.00. The summed E-state index contributed by atoms with van der Waals surface area (Å²) in [5.74, 6) is 0. The Kier molecular flexibility index (Phi) is 2.49. The molecule has 0 heterocycles. The summed E-state index contributed by atoms with van der Waals surface area (Å²) in [6.45, 7) is 16.7. The van der Waals surface area contributed by atoms with Gasteiger partial charge in [0, 0.05) is 7.11 Å². The van der Waals surface area contributed by atoms with Crippen molar-refractivity contribution < 1.29 is 4.43 Å². The van der Waals surface area contributed by atoms with E-state index in [1.807, 2.05) is 7.11 Å². The van der Waals surface area contributed by atoms with Crippen LogP contribution < -0.4 is 0 Å². The lowest BCUT2D eigenvalue weighted by atomic mass is 9.46. The summed E-state index contributed by atoms with van der Waals surface area (Å²) in [6.07, 6.45) is 1.31. The second-order valence-electron chi connectivity index (χ2n) is 6.73. The van der Waals surface area contributed by atoms with Crippen LogP contribution >= 0.6 is 0 Å². The Balaban J connectivity index is 3.03. The molecule has 0 N–H and O–H groups in total. The lowest BCUT2D eigenvalue weighted by Gasteiger charge is -2.70. The molecular formula is C12H26OSi. The molecule has 0 spiro atoms. The van der Waals surface area contributed by atoms with Crippen LogP contribution in [-0.2, 0) is 4.43 Å². The largest absolute Gasteiger partial charge is 0.420 e. The normalized spacial score (nSPS) is 35.1. The molecule has 0 amide bonds. The van der Waals surface area contributed by atoms with Crippen LogP contribution in [0.3, 0.4) is 0 Å². The minimum atomic E-state index is -1.54. The zero-order valence-electron chi connectivity index (χ0n) is 11.1. The summed E-state index contributed by atoms with van der Waals surface area (Å²) in [5.41, 5.74) is 0.857. The third-order valence-electron chi connectivity index (χ3n) is 5.71. The van der Waals surface area contributed by atoms with Crippen molar-refractivity contribution in [3.8, 4) is 0 Å². The second-order valence-corrected chi connectivity index (χ2v) is 11.3. The molecule has 84 valence electrons. The van der Waals surface area contributed by atoms with Crippen molar-refractivity contribution in [1.29, 1.82) is 0 Å². The summed E-state index contributed by atoms with van der Waals surface area (Å²) >= 11 is 0. The Hall–Kier alpha value is 0.177. The first-order chi connectivity index (χ1) is 6.02. The van der Waals surface area contributed by atoms with Crippen LogP contribution in [0.5, 0.6) is 0 Å². The quantitative estimate of drug-likeness (QED) is 0.630. The maximum atomic E-state index is 5.81. The standard InChI is InChI=1S/C12H26OSi/c1-10(2)9-12(5,11(10,3)4)14(7,8)13-6/h9H2,1-8H3. The van der Waals surface area contributed by atoms with Crippen LogP contribution in [0.1, 0.15) is 41.0 Å². The monoisotopic (exact) mass is 214 g/mol. The molecule has 0 saturated heterocycles. The van der Waals surface area contributed by atoms with E-state index < -0.39 is 8.32 Å². The van der Waals surface area contributed by atoms with E-state index in [2.05, 4.69) is 47.7 Å². The van der Waals surface area contributed by atoms with E-state index in [0.717, 1.165) is 0 Å². The van der Waals surface area contributed by atoms with Gasteiger partial charge in [-0.25, -0.2) is 0 Å². The molecule has 1 atom stereocenters. The Morgan fingerprint density at radius 3 is 1.64 bits per heavy atom. The van der Waals surface area contributed by atoms with Gasteiger partial charge in [0.1, 0.15) is 0 Å². The fourth-order valence-electron chi connectivity index (χ4n) is 3.16. The minimum Gasteiger partial charge on any atom is -0.420 e. The van der Waals surface area contributed by atoms with Gasteiger partial charge in [0.25, 0.3) is 0 Å². The maximum Gasteiger partial charge on any atom is 0.192 e. The smallest absolute Gasteiger partial charge is 0.192 e. The first-order valence-electron chi connectivity index (χ1n) is 5.57. The van der Waals surface area contributed by atoms with Gasteiger partial charge in [-0.15, -0.1) is 0 Å². The first-order valence-corrected chi connectivity index (χ1v) is 8.48. The van der Waals surface area contributed by atoms with Gasteiger partial charge in [-0.05, 0) is 35.4 Å². The van der Waals surface area contributed by atoms with Crippen molar-refractivity contribution in [2.24, 2.45) is 10.8 Å². The van der Waals surface area contributed by atoms with E-state index in [0.29, 0.717) is 15.9 Å². The Morgan fingerprint density at radius 1 is 1.00 bits per heavy atom. The highest BCUT2D eigenvalue weighted by atomic mass is 28.4. The SMILES string of the molecule is CO[Si](C)(C)C1(C)CC(C)(C)C1(C)C. The lowest BCUT2D eigenvalue weighted by Crippen LogP contribution is -2.65. The van der Waals surface area contributed by atoms with E-state index in [9.17, 15) is 0 Å². The van der Waals surface area contributed by atoms with Crippen molar-refractivity contribution in [2.75, 3.05) is 7.11 Å². The molecule has 1 unspecified atom stereocenters. The number of hydrogen-bond acceptors (Lipinski definition) is 1. The third-order valence-corrected chi connectivity index (χ3v) is 10.2. The highest BCUT2D eigenvalue weighted by molar-refractivity contribution is 6.74. The van der Waals surface area contributed by atoms with E-state index in [4.69, 9.17) is 4.43 Å². The van der Waals surface area contributed by atoms with Gasteiger partial charge in [0.15, 0.2) is 8.32 Å². The van der Waals surface area contributed by atoms with Crippen LogP contribution in [0.15, 0.2) is 0 Å². The molecule has 0 radical (unpaired) electrons. The Morgan fingerprint density at radius 2 is 1.43 bits per heavy atom. The molecule has 2 heteroatoms. The molecule has 0 aromatic carbocycles. The molecule has 0 aliphatic heterocycles. The van der Waals surface area contributed by atoms with Crippen molar-refractivity contribution >= 4 is 8.32 Å². The van der Waals surface area contributed by atoms with Gasteiger partial charge in [-0.1, -0.05) is 34.6 Å². The lowest BCUT2D eigenvalue weighted by molar-refractivity contribution is -0.0827. The molecule has 0 bridgehead atoms. The first kappa shape index (κ1) is 12.2.